The minimum Gasteiger partial charge on any atom is -0.496 e. The van der Waals surface area contributed by atoms with Crippen LogP contribution < -0.4 is 15.8 Å². The Hall–Kier alpha value is -1.59. The van der Waals surface area contributed by atoms with Gasteiger partial charge in [0, 0.05) is 42.7 Å². The predicted molar refractivity (Wildman–Crippen MR) is 97.8 cm³/mol. The summed E-state index contributed by atoms with van der Waals surface area (Å²) >= 11 is 0. The lowest BCUT2D eigenvalue weighted by molar-refractivity contribution is -0.125. The Bertz CT molecular complexity index is 611. The van der Waals surface area contributed by atoms with Crippen LogP contribution in [0.1, 0.15) is 43.2 Å². The molecule has 1 aromatic rings. The molecule has 1 heterocycles. The van der Waals surface area contributed by atoms with Gasteiger partial charge in [0.1, 0.15) is 5.75 Å². The number of benzene rings is 1. The van der Waals surface area contributed by atoms with E-state index in [1.165, 1.54) is 11.1 Å². The van der Waals surface area contributed by atoms with Crippen LogP contribution in [0.3, 0.4) is 0 Å². The fourth-order valence-corrected chi connectivity index (χ4v) is 4.19. The van der Waals surface area contributed by atoms with Crippen molar-refractivity contribution in [2.45, 2.75) is 50.5 Å². The average Bonchev–Trinajstić information content (AvgIpc) is 3.07. The smallest absolute Gasteiger partial charge is 0.223 e. The molecule has 2 aliphatic rings. The third-order valence-electron chi connectivity index (χ3n) is 5.82. The van der Waals surface area contributed by atoms with E-state index < -0.39 is 0 Å². The molecule has 1 saturated carbocycles. The summed E-state index contributed by atoms with van der Waals surface area (Å²) < 4.78 is 11.2. The van der Waals surface area contributed by atoms with Gasteiger partial charge in [-0.15, -0.1) is 0 Å². The standard InChI is InChI=1S/C20H30N2O3/c1-14-3-6-18(24-2)17(11-14)20(7-9-25-10-8-20)13-22-19(23)15-4-5-16(21)12-15/h3,6,11,15-16H,4-5,7-10,12-13,21H2,1-2H3,(H,22,23)/t15-,16+/m1/s1. The highest BCUT2D eigenvalue weighted by Crippen LogP contribution is 2.40. The quantitative estimate of drug-likeness (QED) is 0.858. The Morgan fingerprint density at radius 3 is 2.76 bits per heavy atom. The van der Waals surface area contributed by atoms with Crippen molar-refractivity contribution < 1.29 is 14.3 Å². The monoisotopic (exact) mass is 346 g/mol. The second kappa shape index (κ2) is 7.75. The molecule has 1 aliphatic carbocycles. The first kappa shape index (κ1) is 18.2. The fourth-order valence-electron chi connectivity index (χ4n) is 4.19. The lowest BCUT2D eigenvalue weighted by Gasteiger charge is -2.39. The molecule has 0 radical (unpaired) electrons. The number of rotatable bonds is 5. The molecule has 2 fully saturated rings. The van der Waals surface area contributed by atoms with Crippen molar-refractivity contribution in [2.24, 2.45) is 11.7 Å². The first-order valence-electron chi connectivity index (χ1n) is 9.30. The highest BCUT2D eigenvalue weighted by molar-refractivity contribution is 5.79. The lowest BCUT2D eigenvalue weighted by Crippen LogP contribution is -2.46. The SMILES string of the molecule is COc1ccc(C)cc1C1(CNC(=O)[C@@H]2CC[C@H](N)C2)CCOCC1. The normalized spacial score (nSPS) is 25.6. The molecule has 5 heteroatoms. The molecule has 138 valence electrons. The maximum Gasteiger partial charge on any atom is 0.223 e. The van der Waals surface area contributed by atoms with Crippen LogP contribution in [0.25, 0.3) is 0 Å². The number of nitrogens with one attached hydrogen (secondary N) is 1. The maximum absolute atomic E-state index is 12.6. The molecular formula is C20H30N2O3. The molecule has 2 atom stereocenters. The van der Waals surface area contributed by atoms with Crippen molar-refractivity contribution in [1.29, 1.82) is 0 Å². The molecule has 1 saturated heterocycles. The fraction of sp³-hybridized carbons (Fsp3) is 0.650. The minimum atomic E-state index is -0.133. The summed E-state index contributed by atoms with van der Waals surface area (Å²) in [6.45, 7) is 4.14. The van der Waals surface area contributed by atoms with Gasteiger partial charge in [-0.2, -0.15) is 0 Å². The topological polar surface area (TPSA) is 73.6 Å². The summed E-state index contributed by atoms with van der Waals surface area (Å²) in [5.41, 5.74) is 8.21. The molecule has 0 bridgehead atoms. The third-order valence-corrected chi connectivity index (χ3v) is 5.82. The third kappa shape index (κ3) is 3.98. The van der Waals surface area contributed by atoms with E-state index in [1.807, 2.05) is 6.07 Å². The van der Waals surface area contributed by atoms with Gasteiger partial charge in [-0.1, -0.05) is 17.7 Å². The Balaban J connectivity index is 1.79. The van der Waals surface area contributed by atoms with E-state index >= 15 is 0 Å². The molecule has 1 aliphatic heterocycles. The predicted octanol–water partition coefficient (Wildman–Crippen LogP) is 2.30. The molecule has 0 unspecified atom stereocenters. The molecular weight excluding hydrogens is 316 g/mol. The number of carbonyl (C=O) groups excluding carboxylic acids is 1. The number of hydrogen-bond acceptors (Lipinski definition) is 4. The van der Waals surface area contributed by atoms with E-state index in [9.17, 15) is 4.79 Å². The van der Waals surface area contributed by atoms with Gasteiger partial charge in [0.05, 0.1) is 7.11 Å². The molecule has 3 rings (SSSR count). The van der Waals surface area contributed by atoms with Crippen molar-refractivity contribution in [2.75, 3.05) is 26.9 Å². The Kier molecular flexibility index (Phi) is 5.64. The van der Waals surface area contributed by atoms with Crippen molar-refractivity contribution in [3.05, 3.63) is 29.3 Å². The van der Waals surface area contributed by atoms with Crippen molar-refractivity contribution in [3.63, 3.8) is 0 Å². The number of ether oxygens (including phenoxy) is 2. The van der Waals surface area contributed by atoms with Crippen molar-refractivity contribution in [1.82, 2.24) is 5.32 Å². The second-order valence-electron chi connectivity index (χ2n) is 7.58. The molecule has 5 nitrogen and oxygen atoms in total. The number of carbonyl (C=O) groups is 1. The summed E-state index contributed by atoms with van der Waals surface area (Å²) in [7, 11) is 1.71. The van der Waals surface area contributed by atoms with Gasteiger partial charge in [0.25, 0.3) is 0 Å². The molecule has 0 spiro atoms. The first-order valence-corrected chi connectivity index (χ1v) is 9.30. The van der Waals surface area contributed by atoms with E-state index in [1.54, 1.807) is 7.11 Å². The van der Waals surface area contributed by atoms with Crippen molar-refractivity contribution >= 4 is 5.91 Å². The molecule has 1 aromatic carbocycles. The zero-order chi connectivity index (χ0) is 17.9. The van der Waals surface area contributed by atoms with Gasteiger partial charge in [-0.05, 0) is 45.1 Å². The Morgan fingerprint density at radius 1 is 1.36 bits per heavy atom. The van der Waals surface area contributed by atoms with Gasteiger partial charge < -0.3 is 20.5 Å². The van der Waals surface area contributed by atoms with E-state index in [4.69, 9.17) is 15.2 Å². The van der Waals surface area contributed by atoms with Crippen LogP contribution in [0.5, 0.6) is 5.75 Å². The van der Waals surface area contributed by atoms with Crippen LogP contribution in [0.2, 0.25) is 0 Å². The zero-order valence-electron chi connectivity index (χ0n) is 15.3. The lowest BCUT2D eigenvalue weighted by atomic mass is 9.73. The van der Waals surface area contributed by atoms with E-state index in [-0.39, 0.29) is 23.3 Å². The Labute approximate surface area is 150 Å². The molecule has 0 aromatic heterocycles. The summed E-state index contributed by atoms with van der Waals surface area (Å²) in [6.07, 6.45) is 4.42. The number of amides is 1. The van der Waals surface area contributed by atoms with Crippen LogP contribution in [-0.4, -0.2) is 38.8 Å². The van der Waals surface area contributed by atoms with Crippen molar-refractivity contribution in [3.8, 4) is 5.75 Å². The minimum absolute atomic E-state index is 0.0614. The Morgan fingerprint density at radius 2 is 2.12 bits per heavy atom. The van der Waals surface area contributed by atoms with Crippen LogP contribution in [0.4, 0.5) is 0 Å². The summed E-state index contributed by atoms with van der Waals surface area (Å²) in [4.78, 5) is 12.6. The van der Waals surface area contributed by atoms with E-state index in [2.05, 4.69) is 24.4 Å². The maximum atomic E-state index is 12.6. The van der Waals surface area contributed by atoms with Gasteiger partial charge in [-0.3, -0.25) is 4.79 Å². The number of aryl methyl sites for hydroxylation is 1. The summed E-state index contributed by atoms with van der Waals surface area (Å²) in [6, 6.07) is 6.46. The van der Waals surface area contributed by atoms with Gasteiger partial charge >= 0.3 is 0 Å². The number of methoxy groups -OCH3 is 1. The second-order valence-corrected chi connectivity index (χ2v) is 7.58. The van der Waals surface area contributed by atoms with Gasteiger partial charge in [0.2, 0.25) is 5.91 Å². The van der Waals surface area contributed by atoms with E-state index in [0.717, 1.165) is 37.9 Å². The van der Waals surface area contributed by atoms with Gasteiger partial charge in [-0.25, -0.2) is 0 Å². The average molecular weight is 346 g/mol. The summed E-state index contributed by atoms with van der Waals surface area (Å²) in [5.74, 6) is 1.10. The van der Waals surface area contributed by atoms with Crippen LogP contribution >= 0.6 is 0 Å². The van der Waals surface area contributed by atoms with Crippen LogP contribution in [0, 0.1) is 12.8 Å². The highest BCUT2D eigenvalue weighted by Gasteiger charge is 2.38. The molecule has 3 N–H and O–H groups in total. The molecule has 1 amide bonds. The van der Waals surface area contributed by atoms with Crippen LogP contribution in [-0.2, 0) is 14.9 Å². The highest BCUT2D eigenvalue weighted by atomic mass is 16.5. The van der Waals surface area contributed by atoms with E-state index in [0.29, 0.717) is 19.8 Å². The first-order chi connectivity index (χ1) is 12.0. The number of nitrogens with two attached hydrogens (primary N) is 1. The largest absolute Gasteiger partial charge is 0.496 e. The number of hydrogen-bond donors (Lipinski definition) is 2. The zero-order valence-corrected chi connectivity index (χ0v) is 15.3. The molecule has 25 heavy (non-hydrogen) atoms. The van der Waals surface area contributed by atoms with Crippen LogP contribution in [0.15, 0.2) is 18.2 Å². The van der Waals surface area contributed by atoms with Gasteiger partial charge in [0.15, 0.2) is 0 Å². The summed E-state index contributed by atoms with van der Waals surface area (Å²) in [5, 5.41) is 3.22.